The van der Waals surface area contributed by atoms with Crippen molar-refractivity contribution in [2.24, 2.45) is 0 Å². The molecule has 31 heavy (non-hydrogen) atoms. The van der Waals surface area contributed by atoms with Crippen molar-refractivity contribution in [2.45, 2.75) is 33.1 Å². The minimum absolute atomic E-state index is 0.782. The van der Waals surface area contributed by atoms with E-state index in [9.17, 15) is 0 Å². The van der Waals surface area contributed by atoms with Gasteiger partial charge in [0.2, 0.25) is 0 Å². The number of aryl methyl sites for hydroxylation is 2. The van der Waals surface area contributed by atoms with Gasteiger partial charge in [-0.2, -0.15) is 0 Å². The van der Waals surface area contributed by atoms with E-state index in [0.29, 0.717) is 0 Å². The van der Waals surface area contributed by atoms with Crippen molar-refractivity contribution in [3.05, 3.63) is 101 Å². The van der Waals surface area contributed by atoms with Crippen LogP contribution in [-0.2, 0) is 12.8 Å². The van der Waals surface area contributed by atoms with E-state index >= 15 is 0 Å². The van der Waals surface area contributed by atoms with Crippen LogP contribution in [0, 0.1) is 6.92 Å². The molecule has 0 bridgehead atoms. The topological polar surface area (TPSA) is 35.2 Å². The van der Waals surface area contributed by atoms with Gasteiger partial charge in [0.25, 0.3) is 0 Å². The number of rotatable bonds is 5. The molecule has 0 spiro atoms. The van der Waals surface area contributed by atoms with E-state index in [4.69, 9.17) is 10.5 Å². The van der Waals surface area contributed by atoms with E-state index in [0.717, 1.165) is 42.0 Å². The molecule has 0 fully saturated rings. The first-order valence-corrected chi connectivity index (χ1v) is 11.0. The van der Waals surface area contributed by atoms with Gasteiger partial charge in [0.05, 0.1) is 0 Å². The lowest BCUT2D eigenvalue weighted by molar-refractivity contribution is 0.479. The van der Waals surface area contributed by atoms with E-state index < -0.39 is 0 Å². The molecule has 0 saturated heterocycles. The average molecular weight is 406 g/mol. The number of nitrogens with two attached hydrogens (primary N) is 1. The summed E-state index contributed by atoms with van der Waals surface area (Å²) in [5, 5.41) is 0. The van der Waals surface area contributed by atoms with Crippen LogP contribution >= 0.6 is 0 Å². The number of fused-ring (bicyclic) bond motifs is 3. The van der Waals surface area contributed by atoms with Gasteiger partial charge in [-0.1, -0.05) is 67.9 Å². The zero-order chi connectivity index (χ0) is 21.4. The molecular formula is C29H27NO. The molecule has 0 amide bonds. The highest BCUT2D eigenvalue weighted by atomic mass is 16.5. The van der Waals surface area contributed by atoms with E-state index in [-0.39, 0.29) is 0 Å². The Kier molecular flexibility index (Phi) is 4.99. The number of nitrogen functional groups attached to an aromatic ring is 1. The van der Waals surface area contributed by atoms with Gasteiger partial charge >= 0.3 is 0 Å². The van der Waals surface area contributed by atoms with Crippen LogP contribution in [0.25, 0.3) is 22.3 Å². The van der Waals surface area contributed by atoms with Gasteiger partial charge in [-0.15, -0.1) is 0 Å². The molecular weight excluding hydrogens is 378 g/mol. The molecule has 0 unspecified atom stereocenters. The molecule has 154 valence electrons. The highest BCUT2D eigenvalue weighted by molar-refractivity contribution is 5.85. The van der Waals surface area contributed by atoms with Crippen molar-refractivity contribution < 1.29 is 4.74 Å². The Morgan fingerprint density at radius 1 is 0.839 bits per heavy atom. The molecule has 2 N–H and O–H groups in total. The smallest absolute Gasteiger partial charge is 0.130 e. The zero-order valence-corrected chi connectivity index (χ0v) is 18.1. The number of benzene rings is 4. The molecule has 0 aliphatic heterocycles. The fraction of sp³-hybridized carbons (Fsp3) is 0.172. The summed E-state index contributed by atoms with van der Waals surface area (Å²) in [4.78, 5) is 0. The van der Waals surface area contributed by atoms with Crippen LogP contribution in [0.2, 0.25) is 0 Å². The molecule has 0 saturated carbocycles. The minimum Gasteiger partial charge on any atom is -0.457 e. The molecule has 1 aliphatic rings. The van der Waals surface area contributed by atoms with Crippen molar-refractivity contribution in [1.29, 1.82) is 0 Å². The normalized spacial score (nSPS) is 11.8. The van der Waals surface area contributed by atoms with Crippen molar-refractivity contribution in [3.63, 3.8) is 0 Å². The first-order chi connectivity index (χ1) is 15.1. The molecule has 2 nitrogen and oxygen atoms in total. The van der Waals surface area contributed by atoms with Crippen LogP contribution in [0.3, 0.4) is 0 Å². The number of ether oxygens (including phenoxy) is 1. The van der Waals surface area contributed by atoms with Crippen molar-refractivity contribution in [2.75, 3.05) is 5.73 Å². The monoisotopic (exact) mass is 405 g/mol. The second-order valence-electron chi connectivity index (χ2n) is 8.36. The molecule has 0 heterocycles. The lowest BCUT2D eigenvalue weighted by atomic mass is 9.94. The quantitative estimate of drug-likeness (QED) is 0.306. The predicted octanol–water partition coefficient (Wildman–Crippen LogP) is 7.56. The SMILES string of the molecule is CCCc1ccc(Oc2ccc(-c3cccc4c3Cc3ccccc3-4)cc2C)cc1N. The summed E-state index contributed by atoms with van der Waals surface area (Å²) < 4.78 is 6.18. The molecule has 4 aromatic carbocycles. The van der Waals surface area contributed by atoms with Crippen LogP contribution in [-0.4, -0.2) is 0 Å². The second kappa shape index (κ2) is 7.96. The van der Waals surface area contributed by atoms with Crippen LogP contribution < -0.4 is 10.5 Å². The molecule has 5 rings (SSSR count). The van der Waals surface area contributed by atoms with Crippen molar-refractivity contribution >= 4 is 5.69 Å². The van der Waals surface area contributed by atoms with Crippen molar-refractivity contribution in [3.8, 4) is 33.8 Å². The fourth-order valence-electron chi connectivity index (χ4n) is 4.62. The minimum atomic E-state index is 0.782. The van der Waals surface area contributed by atoms with E-state index in [1.807, 2.05) is 12.1 Å². The van der Waals surface area contributed by atoms with Gasteiger partial charge < -0.3 is 10.5 Å². The standard InChI is InChI=1S/C29H27NO/c1-3-7-20-12-14-23(18-28(20)30)31-29-15-13-22(16-19(29)2)25-10-6-11-26-24-9-5-4-8-21(24)17-27(25)26/h4-6,8-16,18H,3,7,17,30H2,1-2H3. The van der Waals surface area contributed by atoms with Gasteiger partial charge in [-0.25, -0.2) is 0 Å². The van der Waals surface area contributed by atoms with Crippen LogP contribution in [0.4, 0.5) is 5.69 Å². The number of hydrogen-bond donors (Lipinski definition) is 1. The van der Waals surface area contributed by atoms with E-state index in [2.05, 4.69) is 80.6 Å². The number of anilines is 1. The fourth-order valence-corrected chi connectivity index (χ4v) is 4.62. The molecule has 1 aliphatic carbocycles. The Balaban J connectivity index is 1.44. The highest BCUT2D eigenvalue weighted by Gasteiger charge is 2.21. The molecule has 2 heteroatoms. The zero-order valence-electron chi connectivity index (χ0n) is 18.1. The number of hydrogen-bond acceptors (Lipinski definition) is 2. The van der Waals surface area contributed by atoms with Crippen LogP contribution in [0.15, 0.2) is 78.9 Å². The third kappa shape index (κ3) is 3.59. The van der Waals surface area contributed by atoms with Gasteiger partial charge in [-0.3, -0.25) is 0 Å². The van der Waals surface area contributed by atoms with Gasteiger partial charge in [-0.05, 0) is 82.5 Å². The second-order valence-corrected chi connectivity index (χ2v) is 8.36. The van der Waals surface area contributed by atoms with Gasteiger partial charge in [0.1, 0.15) is 11.5 Å². The van der Waals surface area contributed by atoms with E-state index in [1.165, 1.54) is 38.9 Å². The third-order valence-corrected chi connectivity index (χ3v) is 6.20. The molecule has 4 aromatic rings. The molecule has 0 atom stereocenters. The summed E-state index contributed by atoms with van der Waals surface area (Å²) in [5.74, 6) is 1.64. The maximum atomic E-state index is 6.21. The summed E-state index contributed by atoms with van der Waals surface area (Å²) in [6.07, 6.45) is 3.06. The average Bonchev–Trinajstić information content (AvgIpc) is 3.16. The lowest BCUT2D eigenvalue weighted by Gasteiger charge is -2.14. The summed E-state index contributed by atoms with van der Waals surface area (Å²) in [6, 6.07) is 27.8. The molecule has 0 radical (unpaired) electrons. The Hall–Kier alpha value is -3.52. The largest absolute Gasteiger partial charge is 0.457 e. The predicted molar refractivity (Wildman–Crippen MR) is 130 cm³/mol. The van der Waals surface area contributed by atoms with E-state index in [1.54, 1.807) is 0 Å². The van der Waals surface area contributed by atoms with Crippen molar-refractivity contribution in [1.82, 2.24) is 0 Å². The molecule has 0 aromatic heterocycles. The Bertz CT molecular complexity index is 1270. The van der Waals surface area contributed by atoms with Gasteiger partial charge in [0, 0.05) is 11.8 Å². The van der Waals surface area contributed by atoms with Crippen LogP contribution in [0.5, 0.6) is 11.5 Å². The highest BCUT2D eigenvalue weighted by Crippen LogP contribution is 2.42. The first-order valence-electron chi connectivity index (χ1n) is 11.0. The lowest BCUT2D eigenvalue weighted by Crippen LogP contribution is -1.96. The van der Waals surface area contributed by atoms with Crippen LogP contribution in [0.1, 0.15) is 35.6 Å². The summed E-state index contributed by atoms with van der Waals surface area (Å²) in [6.45, 7) is 4.27. The summed E-state index contributed by atoms with van der Waals surface area (Å²) in [7, 11) is 0. The Morgan fingerprint density at radius 3 is 2.45 bits per heavy atom. The Labute approximate surface area is 184 Å². The van der Waals surface area contributed by atoms with Gasteiger partial charge in [0.15, 0.2) is 0 Å². The first kappa shape index (κ1) is 19.4. The summed E-state index contributed by atoms with van der Waals surface area (Å²) in [5.41, 5.74) is 17.4. The Morgan fingerprint density at radius 2 is 1.65 bits per heavy atom. The third-order valence-electron chi connectivity index (χ3n) is 6.20. The maximum Gasteiger partial charge on any atom is 0.130 e. The summed E-state index contributed by atoms with van der Waals surface area (Å²) >= 11 is 0. The maximum absolute atomic E-state index is 6.21.